The molecule has 0 atom stereocenters. The Labute approximate surface area is 106 Å². The zero-order valence-corrected chi connectivity index (χ0v) is 10.3. The van der Waals surface area contributed by atoms with Gasteiger partial charge < -0.3 is 11.1 Å². The van der Waals surface area contributed by atoms with E-state index in [-0.39, 0.29) is 11.2 Å². The van der Waals surface area contributed by atoms with E-state index in [1.54, 1.807) is 13.0 Å². The summed E-state index contributed by atoms with van der Waals surface area (Å²) < 4.78 is 0. The molecule has 2 aromatic rings. The van der Waals surface area contributed by atoms with Gasteiger partial charge in [-0.2, -0.15) is 0 Å². The van der Waals surface area contributed by atoms with Gasteiger partial charge in [0, 0.05) is 6.20 Å². The summed E-state index contributed by atoms with van der Waals surface area (Å²) in [5.41, 5.74) is 6.10. The predicted octanol–water partition coefficient (Wildman–Crippen LogP) is 1.73. The first kappa shape index (κ1) is 11.7. The molecule has 0 radical (unpaired) electrons. The number of anilines is 2. The van der Waals surface area contributed by atoms with Crippen molar-refractivity contribution in [2.45, 2.75) is 6.92 Å². The molecule has 17 heavy (non-hydrogen) atoms. The van der Waals surface area contributed by atoms with Gasteiger partial charge in [-0.05, 0) is 24.6 Å². The lowest BCUT2D eigenvalue weighted by Gasteiger charge is -2.02. The molecule has 0 spiro atoms. The summed E-state index contributed by atoms with van der Waals surface area (Å²) in [5, 5.41) is 3.02. The molecule has 2 heterocycles. The Morgan fingerprint density at radius 3 is 2.88 bits per heavy atom. The van der Waals surface area contributed by atoms with Gasteiger partial charge in [0.15, 0.2) is 5.13 Å². The van der Waals surface area contributed by atoms with E-state index < -0.39 is 0 Å². The van der Waals surface area contributed by atoms with E-state index in [9.17, 15) is 4.79 Å². The fraction of sp³-hybridized carbons (Fsp3) is 0.111. The van der Waals surface area contributed by atoms with Crippen LogP contribution in [0.5, 0.6) is 0 Å². The van der Waals surface area contributed by atoms with Crippen LogP contribution < -0.4 is 11.1 Å². The van der Waals surface area contributed by atoms with Crippen LogP contribution in [0.15, 0.2) is 12.3 Å². The molecule has 88 valence electrons. The number of halogens is 1. The number of hydrogen-bond donors (Lipinski definition) is 2. The molecule has 0 bridgehead atoms. The normalized spacial score (nSPS) is 10.2. The van der Waals surface area contributed by atoms with Gasteiger partial charge in [0.05, 0.1) is 5.69 Å². The van der Waals surface area contributed by atoms with Crippen LogP contribution in [0.4, 0.5) is 10.9 Å². The third-order valence-corrected chi connectivity index (χ3v) is 3.05. The smallest absolute Gasteiger partial charge is 0.268 e. The van der Waals surface area contributed by atoms with Crippen molar-refractivity contribution in [3.05, 3.63) is 28.1 Å². The van der Waals surface area contributed by atoms with Crippen molar-refractivity contribution in [1.82, 2.24) is 15.0 Å². The molecule has 0 aliphatic heterocycles. The van der Waals surface area contributed by atoms with Gasteiger partial charge in [-0.25, -0.2) is 15.0 Å². The van der Waals surface area contributed by atoms with E-state index >= 15 is 0 Å². The van der Waals surface area contributed by atoms with Gasteiger partial charge in [0.25, 0.3) is 5.91 Å². The number of thiazole rings is 1. The fourth-order valence-electron chi connectivity index (χ4n) is 1.21. The maximum absolute atomic E-state index is 11.9. The summed E-state index contributed by atoms with van der Waals surface area (Å²) in [5.74, 6) is 0.0211. The summed E-state index contributed by atoms with van der Waals surface area (Å²) >= 11 is 6.73. The lowest BCUT2D eigenvalue weighted by molar-refractivity contribution is 0.102. The lowest BCUT2D eigenvalue weighted by Crippen LogP contribution is -2.12. The van der Waals surface area contributed by atoms with Crippen molar-refractivity contribution < 1.29 is 4.79 Å². The molecule has 2 rings (SSSR count). The number of nitrogens with two attached hydrogens (primary N) is 1. The molecule has 0 saturated carbocycles. The van der Waals surface area contributed by atoms with Gasteiger partial charge in [0.1, 0.15) is 10.7 Å². The highest BCUT2D eigenvalue weighted by molar-refractivity contribution is 7.17. The van der Waals surface area contributed by atoms with Crippen molar-refractivity contribution in [2.24, 2.45) is 0 Å². The third kappa shape index (κ3) is 2.69. The lowest BCUT2D eigenvalue weighted by atomic mass is 10.4. The number of aromatic nitrogens is 3. The number of nitrogens with one attached hydrogen (secondary N) is 1. The van der Waals surface area contributed by atoms with E-state index in [0.717, 1.165) is 11.3 Å². The Hall–Kier alpha value is -1.73. The average molecular weight is 270 g/mol. The second-order valence-electron chi connectivity index (χ2n) is 3.13. The highest BCUT2D eigenvalue weighted by Gasteiger charge is 2.14. The van der Waals surface area contributed by atoms with Crippen LogP contribution in [-0.4, -0.2) is 20.9 Å². The van der Waals surface area contributed by atoms with Gasteiger partial charge in [-0.15, -0.1) is 0 Å². The molecule has 2 aromatic heterocycles. The molecule has 0 fully saturated rings. The number of rotatable bonds is 2. The summed E-state index contributed by atoms with van der Waals surface area (Å²) in [6, 6.07) is 1.55. The fourth-order valence-corrected chi connectivity index (χ4v) is 2.08. The molecule has 0 aliphatic carbocycles. The standard InChI is InChI=1S/C9H8ClN5OS/c1-4-6(17-9(11)13-4)7(16)14-5-2-3-12-8(10)15-5/h2-3H,1H3,(H2,11,13)(H,12,14,15,16). The highest BCUT2D eigenvalue weighted by atomic mass is 35.5. The van der Waals surface area contributed by atoms with E-state index in [1.165, 1.54) is 6.20 Å². The molecule has 0 aromatic carbocycles. The number of carbonyl (C=O) groups is 1. The largest absolute Gasteiger partial charge is 0.375 e. The second kappa shape index (κ2) is 4.64. The molecule has 0 unspecified atom stereocenters. The Kier molecular flexibility index (Phi) is 3.21. The molecule has 8 heteroatoms. The van der Waals surface area contributed by atoms with E-state index in [2.05, 4.69) is 20.3 Å². The summed E-state index contributed by atoms with van der Waals surface area (Å²) in [6.07, 6.45) is 1.46. The minimum Gasteiger partial charge on any atom is -0.375 e. The average Bonchev–Trinajstić information content (AvgIpc) is 2.58. The van der Waals surface area contributed by atoms with E-state index in [0.29, 0.717) is 21.5 Å². The maximum atomic E-state index is 11.9. The van der Waals surface area contributed by atoms with Crippen LogP contribution in [-0.2, 0) is 0 Å². The van der Waals surface area contributed by atoms with Gasteiger partial charge >= 0.3 is 0 Å². The molecular weight excluding hydrogens is 262 g/mol. The number of amides is 1. The minimum atomic E-state index is -0.313. The van der Waals surface area contributed by atoms with E-state index in [4.69, 9.17) is 17.3 Å². The molecule has 0 saturated heterocycles. The third-order valence-electron chi connectivity index (χ3n) is 1.89. The summed E-state index contributed by atoms with van der Waals surface area (Å²) in [4.78, 5) is 23.8. The van der Waals surface area contributed by atoms with Gasteiger partial charge in [0.2, 0.25) is 5.28 Å². The Morgan fingerprint density at radius 1 is 1.53 bits per heavy atom. The van der Waals surface area contributed by atoms with Crippen molar-refractivity contribution in [2.75, 3.05) is 11.1 Å². The molecule has 0 aliphatic rings. The SMILES string of the molecule is Cc1nc(N)sc1C(=O)Nc1ccnc(Cl)n1. The van der Waals surface area contributed by atoms with Crippen LogP contribution >= 0.6 is 22.9 Å². The van der Waals surface area contributed by atoms with Crippen LogP contribution in [0.2, 0.25) is 5.28 Å². The number of nitrogens with zero attached hydrogens (tertiary/aromatic N) is 3. The maximum Gasteiger partial charge on any atom is 0.268 e. The molecule has 3 N–H and O–H groups in total. The van der Waals surface area contributed by atoms with Crippen LogP contribution in [0, 0.1) is 6.92 Å². The molecular formula is C9H8ClN5OS. The Morgan fingerprint density at radius 2 is 2.29 bits per heavy atom. The van der Waals surface area contributed by atoms with Crippen molar-refractivity contribution in [3.8, 4) is 0 Å². The second-order valence-corrected chi connectivity index (χ2v) is 4.50. The predicted molar refractivity (Wildman–Crippen MR) is 66.3 cm³/mol. The summed E-state index contributed by atoms with van der Waals surface area (Å²) in [7, 11) is 0. The summed E-state index contributed by atoms with van der Waals surface area (Å²) in [6.45, 7) is 1.72. The number of carbonyl (C=O) groups excluding carboxylic acids is 1. The first-order valence-electron chi connectivity index (χ1n) is 4.59. The molecule has 1 amide bonds. The van der Waals surface area contributed by atoms with Crippen molar-refractivity contribution in [3.63, 3.8) is 0 Å². The van der Waals surface area contributed by atoms with E-state index in [1.807, 2.05) is 0 Å². The zero-order valence-electron chi connectivity index (χ0n) is 8.77. The Balaban J connectivity index is 2.20. The minimum absolute atomic E-state index is 0.0725. The Bertz CT molecular complexity index is 570. The first-order chi connectivity index (χ1) is 8.06. The van der Waals surface area contributed by atoms with Gasteiger partial charge in [-0.3, -0.25) is 4.79 Å². The van der Waals surface area contributed by atoms with Crippen LogP contribution in [0.1, 0.15) is 15.4 Å². The number of nitrogen functional groups attached to an aromatic ring is 1. The quantitative estimate of drug-likeness (QED) is 0.810. The van der Waals surface area contributed by atoms with Crippen LogP contribution in [0.3, 0.4) is 0 Å². The highest BCUT2D eigenvalue weighted by Crippen LogP contribution is 2.20. The monoisotopic (exact) mass is 269 g/mol. The van der Waals surface area contributed by atoms with Crippen LogP contribution in [0.25, 0.3) is 0 Å². The zero-order chi connectivity index (χ0) is 12.4. The number of hydrogen-bond acceptors (Lipinski definition) is 6. The van der Waals surface area contributed by atoms with Gasteiger partial charge in [-0.1, -0.05) is 11.3 Å². The number of aryl methyl sites for hydroxylation is 1. The topological polar surface area (TPSA) is 93.8 Å². The molecule has 6 nitrogen and oxygen atoms in total. The first-order valence-corrected chi connectivity index (χ1v) is 5.78. The van der Waals surface area contributed by atoms with Crippen molar-refractivity contribution in [1.29, 1.82) is 0 Å². The van der Waals surface area contributed by atoms with Crippen molar-refractivity contribution >= 4 is 39.8 Å².